The average Bonchev–Trinajstić information content (AvgIpc) is 3.12. The summed E-state index contributed by atoms with van der Waals surface area (Å²) < 4.78 is 0. The number of aliphatic hydroxyl groups is 1. The largest absolute Gasteiger partial charge is 0.396 e. The van der Waals surface area contributed by atoms with Gasteiger partial charge in [-0.3, -0.25) is 0 Å². The number of nitrogens with zero attached hydrogens (tertiary/aromatic N) is 1. The maximum atomic E-state index is 9.92. The molecule has 1 aliphatic carbocycles. The lowest BCUT2D eigenvalue weighted by Gasteiger charge is -2.36. The summed E-state index contributed by atoms with van der Waals surface area (Å²) in [7, 11) is 0. The lowest BCUT2D eigenvalue weighted by atomic mass is 9.75. The molecule has 0 aliphatic heterocycles. The normalized spacial score (nSPS) is 24.1. The minimum absolute atomic E-state index is 0.225. The van der Waals surface area contributed by atoms with E-state index in [9.17, 15) is 5.11 Å². The molecule has 3 N–H and O–H groups in total. The van der Waals surface area contributed by atoms with Crippen LogP contribution in [0.2, 0.25) is 0 Å². The first kappa shape index (κ1) is 15.2. The lowest BCUT2D eigenvalue weighted by Crippen LogP contribution is -2.36. The van der Waals surface area contributed by atoms with Crippen LogP contribution in [-0.2, 0) is 0 Å². The van der Waals surface area contributed by atoms with Crippen molar-refractivity contribution in [3.8, 4) is 0 Å². The Bertz CT molecular complexity index is 799. The molecule has 0 radical (unpaired) electrons. The monoisotopic (exact) mass is 321 g/mol. The van der Waals surface area contributed by atoms with Crippen LogP contribution in [0.15, 0.2) is 54.9 Å². The summed E-state index contributed by atoms with van der Waals surface area (Å²) in [6.07, 6.45) is 6.99. The number of nitrogens with one attached hydrogen (secondary N) is 2. The van der Waals surface area contributed by atoms with Gasteiger partial charge in [0.05, 0.1) is 0 Å². The first-order valence-electron chi connectivity index (χ1n) is 8.69. The van der Waals surface area contributed by atoms with E-state index < -0.39 is 0 Å². The van der Waals surface area contributed by atoms with Crippen LogP contribution in [0.3, 0.4) is 0 Å². The summed E-state index contributed by atoms with van der Waals surface area (Å²) in [4.78, 5) is 7.49. The van der Waals surface area contributed by atoms with E-state index in [1.165, 1.54) is 5.56 Å². The quantitative estimate of drug-likeness (QED) is 0.682. The second-order valence-corrected chi connectivity index (χ2v) is 6.71. The fourth-order valence-electron chi connectivity index (χ4n) is 3.97. The van der Waals surface area contributed by atoms with Crippen molar-refractivity contribution < 1.29 is 5.11 Å². The van der Waals surface area contributed by atoms with Gasteiger partial charge < -0.3 is 15.4 Å². The van der Waals surface area contributed by atoms with Crippen LogP contribution < -0.4 is 5.32 Å². The van der Waals surface area contributed by atoms with Gasteiger partial charge in [-0.25, -0.2) is 4.98 Å². The van der Waals surface area contributed by atoms with Crippen LogP contribution in [0.4, 0.5) is 5.69 Å². The smallest absolute Gasteiger partial charge is 0.139 e. The third kappa shape index (κ3) is 2.89. The van der Waals surface area contributed by atoms with Gasteiger partial charge in [0.25, 0.3) is 0 Å². The van der Waals surface area contributed by atoms with Crippen LogP contribution in [0.25, 0.3) is 11.0 Å². The first-order valence-corrected chi connectivity index (χ1v) is 8.69. The lowest BCUT2D eigenvalue weighted by molar-refractivity contribution is 0.167. The maximum Gasteiger partial charge on any atom is 0.139 e. The van der Waals surface area contributed by atoms with Crippen LogP contribution in [-0.4, -0.2) is 27.7 Å². The summed E-state index contributed by atoms with van der Waals surface area (Å²) in [6.45, 7) is 0.225. The Labute approximate surface area is 141 Å². The molecular weight excluding hydrogens is 298 g/mol. The molecule has 2 heterocycles. The Morgan fingerprint density at radius 2 is 2.00 bits per heavy atom. The zero-order chi connectivity index (χ0) is 16.4. The maximum absolute atomic E-state index is 9.92. The van der Waals surface area contributed by atoms with Crippen molar-refractivity contribution in [2.75, 3.05) is 11.9 Å². The molecule has 4 rings (SSSR count). The standard InChI is InChI=1S/C20H23N3O/c24-13-16-12-15(14-4-2-1-3-5-14)6-7-18(16)23-19-9-11-22-20-17(19)8-10-21-20/h1-5,8-11,15-16,18,24H,6-7,12-13H2,(H2,21,22,23)/t15-,16-,18?/m1/s1. The molecule has 4 heteroatoms. The summed E-state index contributed by atoms with van der Waals surface area (Å²) in [5.74, 6) is 0.817. The Morgan fingerprint density at radius 1 is 1.12 bits per heavy atom. The number of pyridine rings is 1. The number of aromatic amines is 1. The molecule has 24 heavy (non-hydrogen) atoms. The molecule has 1 fully saturated rings. The number of hydrogen-bond donors (Lipinski definition) is 3. The van der Waals surface area contributed by atoms with Crippen molar-refractivity contribution >= 4 is 16.7 Å². The van der Waals surface area contributed by atoms with E-state index >= 15 is 0 Å². The van der Waals surface area contributed by atoms with E-state index in [1.54, 1.807) is 0 Å². The number of H-pyrrole nitrogens is 1. The predicted octanol–water partition coefficient (Wildman–Crippen LogP) is 3.92. The molecule has 1 saturated carbocycles. The predicted molar refractivity (Wildman–Crippen MR) is 97.1 cm³/mol. The van der Waals surface area contributed by atoms with Crippen molar-refractivity contribution in [1.29, 1.82) is 0 Å². The second-order valence-electron chi connectivity index (χ2n) is 6.71. The van der Waals surface area contributed by atoms with Gasteiger partial charge in [0, 0.05) is 42.0 Å². The number of benzene rings is 1. The highest BCUT2D eigenvalue weighted by atomic mass is 16.3. The third-order valence-electron chi connectivity index (χ3n) is 5.29. The highest BCUT2D eigenvalue weighted by Crippen LogP contribution is 2.38. The minimum Gasteiger partial charge on any atom is -0.396 e. The number of fused-ring (bicyclic) bond motifs is 1. The van der Waals surface area contributed by atoms with Crippen molar-refractivity contribution in [3.63, 3.8) is 0 Å². The minimum atomic E-state index is 0.225. The molecule has 0 saturated heterocycles. The Hall–Kier alpha value is -2.33. The van der Waals surface area contributed by atoms with Crippen molar-refractivity contribution in [3.05, 3.63) is 60.4 Å². The summed E-state index contributed by atoms with van der Waals surface area (Å²) >= 11 is 0. The SMILES string of the molecule is OC[C@H]1C[C@H](c2ccccc2)CCC1Nc1ccnc2[nH]ccc12. The fraction of sp³-hybridized carbons (Fsp3) is 0.350. The fourth-order valence-corrected chi connectivity index (χ4v) is 3.97. The number of rotatable bonds is 4. The van der Waals surface area contributed by atoms with Gasteiger partial charge in [0.2, 0.25) is 0 Å². The number of aromatic nitrogens is 2. The van der Waals surface area contributed by atoms with Gasteiger partial charge in [-0.1, -0.05) is 30.3 Å². The molecule has 4 nitrogen and oxygen atoms in total. The molecule has 124 valence electrons. The van der Waals surface area contributed by atoms with E-state index in [0.717, 1.165) is 36.0 Å². The van der Waals surface area contributed by atoms with Gasteiger partial charge in [0.1, 0.15) is 5.65 Å². The average molecular weight is 321 g/mol. The van der Waals surface area contributed by atoms with Crippen LogP contribution in [0.1, 0.15) is 30.7 Å². The third-order valence-corrected chi connectivity index (χ3v) is 5.29. The van der Waals surface area contributed by atoms with E-state index in [2.05, 4.69) is 45.6 Å². The van der Waals surface area contributed by atoms with E-state index in [-0.39, 0.29) is 12.5 Å². The van der Waals surface area contributed by atoms with E-state index in [1.807, 2.05) is 24.5 Å². The van der Waals surface area contributed by atoms with Crippen molar-refractivity contribution in [2.45, 2.75) is 31.2 Å². The molecule has 3 atom stereocenters. The van der Waals surface area contributed by atoms with Crippen LogP contribution >= 0.6 is 0 Å². The second kappa shape index (κ2) is 6.65. The number of anilines is 1. The van der Waals surface area contributed by atoms with E-state index in [4.69, 9.17) is 0 Å². The molecule has 0 bridgehead atoms. The van der Waals surface area contributed by atoms with Crippen LogP contribution in [0.5, 0.6) is 0 Å². The molecule has 1 unspecified atom stereocenters. The molecular formula is C20H23N3O. The molecule has 0 amide bonds. The van der Waals surface area contributed by atoms with Gasteiger partial charge in [-0.15, -0.1) is 0 Å². The molecule has 0 spiro atoms. The Balaban J connectivity index is 1.51. The van der Waals surface area contributed by atoms with Gasteiger partial charge in [-0.2, -0.15) is 0 Å². The van der Waals surface area contributed by atoms with Gasteiger partial charge in [-0.05, 0) is 42.9 Å². The number of aliphatic hydroxyl groups excluding tert-OH is 1. The van der Waals surface area contributed by atoms with Gasteiger partial charge in [0.15, 0.2) is 0 Å². The van der Waals surface area contributed by atoms with E-state index in [0.29, 0.717) is 12.0 Å². The number of hydrogen-bond acceptors (Lipinski definition) is 3. The van der Waals surface area contributed by atoms with Crippen molar-refractivity contribution in [1.82, 2.24) is 9.97 Å². The Kier molecular flexibility index (Phi) is 4.22. The van der Waals surface area contributed by atoms with Crippen molar-refractivity contribution in [2.24, 2.45) is 5.92 Å². The Morgan fingerprint density at radius 3 is 2.83 bits per heavy atom. The zero-order valence-corrected chi connectivity index (χ0v) is 13.7. The summed E-state index contributed by atoms with van der Waals surface area (Å²) in [5, 5.41) is 14.7. The highest BCUT2D eigenvalue weighted by molar-refractivity contribution is 5.89. The van der Waals surface area contributed by atoms with Gasteiger partial charge >= 0.3 is 0 Å². The topological polar surface area (TPSA) is 60.9 Å². The molecule has 1 aromatic carbocycles. The summed E-state index contributed by atoms with van der Waals surface area (Å²) in [5.41, 5.74) is 3.40. The molecule has 3 aromatic rings. The molecule has 2 aromatic heterocycles. The molecule has 1 aliphatic rings. The summed E-state index contributed by atoms with van der Waals surface area (Å²) in [6, 6.07) is 15.1. The van der Waals surface area contributed by atoms with Crippen LogP contribution in [0, 0.1) is 5.92 Å². The highest BCUT2D eigenvalue weighted by Gasteiger charge is 2.31. The zero-order valence-electron chi connectivity index (χ0n) is 13.7. The first-order chi connectivity index (χ1) is 11.8.